The molecule has 0 saturated heterocycles. The summed E-state index contributed by atoms with van der Waals surface area (Å²) in [5, 5.41) is 9.83. The van der Waals surface area contributed by atoms with Crippen molar-refractivity contribution >= 4 is 11.3 Å². The van der Waals surface area contributed by atoms with E-state index < -0.39 is 16.8 Å². The van der Waals surface area contributed by atoms with E-state index in [1.165, 1.54) is 6.20 Å². The molecule has 0 aliphatic heterocycles. The molecule has 0 aromatic carbocycles. The molecule has 20 heavy (non-hydrogen) atoms. The summed E-state index contributed by atoms with van der Waals surface area (Å²) in [7, 11) is 0. The lowest BCUT2D eigenvalue weighted by Crippen LogP contribution is -2.23. The summed E-state index contributed by atoms with van der Waals surface area (Å²) < 4.78 is 37.8. The maximum absolute atomic E-state index is 12.6. The number of thiazole rings is 1. The Hall–Kier alpha value is -0.620. The molecule has 2 unspecified atom stereocenters. The Morgan fingerprint density at radius 1 is 1.35 bits per heavy atom. The second kappa shape index (κ2) is 5.64. The number of rotatable bonds is 2. The average Bonchev–Trinajstić information content (AvgIpc) is 2.75. The molecule has 0 spiro atoms. The van der Waals surface area contributed by atoms with Crippen molar-refractivity contribution in [3.63, 3.8) is 0 Å². The van der Waals surface area contributed by atoms with E-state index in [1.54, 1.807) is 0 Å². The predicted molar refractivity (Wildman–Crippen MR) is 72.4 cm³/mol. The van der Waals surface area contributed by atoms with Crippen molar-refractivity contribution in [3.8, 4) is 0 Å². The fourth-order valence-corrected chi connectivity index (χ4v) is 3.81. The lowest BCUT2D eigenvalue weighted by atomic mass is 9.87. The number of halogens is 3. The van der Waals surface area contributed by atoms with Gasteiger partial charge in [-0.15, -0.1) is 11.3 Å². The largest absolute Gasteiger partial charge is 0.443 e. The van der Waals surface area contributed by atoms with Crippen LogP contribution in [0.25, 0.3) is 0 Å². The molecular formula is C14H20F3NOS. The van der Waals surface area contributed by atoms with Crippen molar-refractivity contribution in [2.75, 3.05) is 0 Å². The predicted octanol–water partition coefficient (Wildman–Crippen LogP) is 4.59. The third-order valence-electron chi connectivity index (χ3n) is 4.24. The molecule has 1 fully saturated rings. The molecule has 2 nitrogen and oxygen atoms in total. The van der Waals surface area contributed by atoms with Crippen LogP contribution in [-0.2, 0) is 11.8 Å². The molecule has 1 N–H and O–H groups in total. The Bertz CT molecular complexity index is 458. The zero-order valence-electron chi connectivity index (χ0n) is 11.7. The zero-order chi connectivity index (χ0) is 15.0. The first-order valence-corrected chi connectivity index (χ1v) is 7.80. The van der Waals surface area contributed by atoms with Crippen LogP contribution in [0.3, 0.4) is 0 Å². The van der Waals surface area contributed by atoms with E-state index >= 15 is 0 Å². The molecule has 0 amide bonds. The summed E-state index contributed by atoms with van der Waals surface area (Å²) in [5.41, 5.74) is -1.13. The van der Waals surface area contributed by atoms with E-state index in [9.17, 15) is 18.3 Å². The van der Waals surface area contributed by atoms with Crippen LogP contribution in [-0.4, -0.2) is 10.1 Å². The van der Waals surface area contributed by atoms with Crippen LogP contribution in [0, 0.1) is 11.8 Å². The van der Waals surface area contributed by atoms with Gasteiger partial charge in [-0.3, -0.25) is 0 Å². The van der Waals surface area contributed by atoms with Crippen LogP contribution in [0.2, 0.25) is 0 Å². The molecule has 114 valence electrons. The van der Waals surface area contributed by atoms with E-state index in [2.05, 4.69) is 18.8 Å². The molecule has 1 aromatic heterocycles. The number of hydrogen-bond donors (Lipinski definition) is 1. The first-order chi connectivity index (χ1) is 9.22. The molecule has 1 aliphatic carbocycles. The Kier molecular flexibility index (Phi) is 4.44. The minimum absolute atomic E-state index is 0.356. The SMILES string of the molecule is CC(C)C1CCCC(O)(c2cnc(C(F)(F)F)s2)CC1. The van der Waals surface area contributed by atoms with Gasteiger partial charge in [-0.1, -0.05) is 20.3 Å². The van der Waals surface area contributed by atoms with Crippen molar-refractivity contribution in [1.29, 1.82) is 0 Å². The van der Waals surface area contributed by atoms with E-state index in [4.69, 9.17) is 0 Å². The number of nitrogens with zero attached hydrogens (tertiary/aromatic N) is 1. The molecule has 1 saturated carbocycles. The summed E-state index contributed by atoms with van der Waals surface area (Å²) in [5.74, 6) is 1.09. The van der Waals surface area contributed by atoms with Gasteiger partial charge in [-0.2, -0.15) is 13.2 Å². The van der Waals surface area contributed by atoms with Gasteiger partial charge < -0.3 is 5.11 Å². The van der Waals surface area contributed by atoms with Gasteiger partial charge in [0, 0.05) is 6.20 Å². The van der Waals surface area contributed by atoms with Crippen molar-refractivity contribution < 1.29 is 18.3 Å². The number of aliphatic hydroxyl groups is 1. The molecule has 6 heteroatoms. The van der Waals surface area contributed by atoms with Gasteiger partial charge in [0.2, 0.25) is 0 Å². The van der Waals surface area contributed by atoms with Crippen molar-refractivity contribution in [2.45, 2.75) is 57.7 Å². The van der Waals surface area contributed by atoms with Crippen LogP contribution in [0.4, 0.5) is 13.2 Å². The second-order valence-electron chi connectivity index (χ2n) is 5.99. The number of aromatic nitrogens is 1. The van der Waals surface area contributed by atoms with Crippen LogP contribution in [0.15, 0.2) is 6.20 Å². The third kappa shape index (κ3) is 3.34. The third-order valence-corrected chi connectivity index (χ3v) is 5.48. The van der Waals surface area contributed by atoms with Gasteiger partial charge in [0.25, 0.3) is 0 Å². The number of alkyl halides is 3. The Labute approximate surface area is 121 Å². The molecule has 2 atom stereocenters. The minimum Gasteiger partial charge on any atom is -0.384 e. The normalized spacial score (nSPS) is 28.6. The maximum Gasteiger partial charge on any atom is 0.443 e. The lowest BCUT2D eigenvalue weighted by Gasteiger charge is -2.25. The summed E-state index contributed by atoms with van der Waals surface area (Å²) in [6, 6.07) is 0. The van der Waals surface area contributed by atoms with Gasteiger partial charge in [0.15, 0.2) is 5.01 Å². The fraction of sp³-hybridized carbons (Fsp3) is 0.786. The molecule has 0 radical (unpaired) electrons. The van der Waals surface area contributed by atoms with Gasteiger partial charge in [-0.05, 0) is 37.5 Å². The standard InChI is InChI=1S/C14H20F3NOS/c1-9(2)10-4-3-6-13(19,7-5-10)11-8-18-12(20-11)14(15,16)17/h8-10,19H,3-7H2,1-2H3. The smallest absolute Gasteiger partial charge is 0.384 e. The fourth-order valence-electron chi connectivity index (χ4n) is 2.88. The Morgan fingerprint density at radius 2 is 2.05 bits per heavy atom. The van der Waals surface area contributed by atoms with Crippen LogP contribution in [0.1, 0.15) is 55.8 Å². The number of hydrogen-bond acceptors (Lipinski definition) is 3. The maximum atomic E-state index is 12.6. The average molecular weight is 307 g/mol. The van der Waals surface area contributed by atoms with Crippen LogP contribution in [0.5, 0.6) is 0 Å². The van der Waals surface area contributed by atoms with Crippen LogP contribution >= 0.6 is 11.3 Å². The highest BCUT2D eigenvalue weighted by Gasteiger charge is 2.39. The van der Waals surface area contributed by atoms with E-state index in [0.29, 0.717) is 40.9 Å². The monoisotopic (exact) mass is 307 g/mol. The minimum atomic E-state index is -4.43. The topological polar surface area (TPSA) is 33.1 Å². The van der Waals surface area contributed by atoms with E-state index in [0.717, 1.165) is 19.3 Å². The van der Waals surface area contributed by atoms with Gasteiger partial charge in [0.05, 0.1) is 4.88 Å². The molecule has 0 bridgehead atoms. The summed E-state index contributed by atoms with van der Waals surface area (Å²) in [4.78, 5) is 3.78. The summed E-state index contributed by atoms with van der Waals surface area (Å²) >= 11 is 0.578. The zero-order valence-corrected chi connectivity index (χ0v) is 12.5. The van der Waals surface area contributed by atoms with Crippen molar-refractivity contribution in [3.05, 3.63) is 16.1 Å². The second-order valence-corrected chi connectivity index (χ2v) is 7.02. The summed E-state index contributed by atoms with van der Waals surface area (Å²) in [6.07, 6.45) is 0.551. The van der Waals surface area contributed by atoms with Gasteiger partial charge in [-0.25, -0.2) is 4.98 Å². The molecule has 2 rings (SSSR count). The first-order valence-electron chi connectivity index (χ1n) is 6.98. The molecule has 1 aromatic rings. The Morgan fingerprint density at radius 3 is 2.60 bits per heavy atom. The van der Waals surface area contributed by atoms with Crippen LogP contribution < -0.4 is 0 Å². The lowest BCUT2D eigenvalue weighted by molar-refractivity contribution is -0.137. The molecule has 1 aliphatic rings. The van der Waals surface area contributed by atoms with E-state index in [1.807, 2.05) is 0 Å². The Balaban J connectivity index is 2.16. The van der Waals surface area contributed by atoms with Gasteiger partial charge >= 0.3 is 6.18 Å². The van der Waals surface area contributed by atoms with Crippen molar-refractivity contribution in [1.82, 2.24) is 4.98 Å². The van der Waals surface area contributed by atoms with Gasteiger partial charge in [0.1, 0.15) is 5.60 Å². The molecular weight excluding hydrogens is 287 g/mol. The van der Waals surface area contributed by atoms with Crippen molar-refractivity contribution in [2.24, 2.45) is 11.8 Å². The molecule has 1 heterocycles. The highest BCUT2D eigenvalue weighted by atomic mass is 32.1. The highest BCUT2D eigenvalue weighted by molar-refractivity contribution is 7.11. The highest BCUT2D eigenvalue weighted by Crippen LogP contribution is 2.43. The first kappa shape index (κ1) is 15.8. The van der Waals surface area contributed by atoms with E-state index in [-0.39, 0.29) is 0 Å². The quantitative estimate of drug-likeness (QED) is 0.811. The summed E-state index contributed by atoms with van der Waals surface area (Å²) in [6.45, 7) is 4.31.